The Balaban J connectivity index is 1.69. The van der Waals surface area contributed by atoms with Crippen LogP contribution in [0.1, 0.15) is 29.2 Å². The molecule has 1 aliphatic rings. The summed E-state index contributed by atoms with van der Waals surface area (Å²) >= 11 is 4.67. The maximum Gasteiger partial charge on any atom is 0.227 e. The van der Waals surface area contributed by atoms with Crippen LogP contribution in [0.2, 0.25) is 0 Å². The molecule has 1 atom stereocenters. The maximum atomic E-state index is 10.8. The van der Waals surface area contributed by atoms with Crippen molar-refractivity contribution < 1.29 is 4.79 Å². The molecule has 1 aromatic heterocycles. The van der Waals surface area contributed by atoms with Crippen LogP contribution >= 0.6 is 34.9 Å². The standard InChI is InChI=1S/C14H15N3OS3/c15-12(18)8-19-13-16-17-14(21-13)20-11-7-3-5-9-4-1-2-6-10(9)11/h1-2,4,6,11H,3,5,7-8H2,(H2,15,18)/t11-/m0/s1. The summed E-state index contributed by atoms with van der Waals surface area (Å²) in [5.41, 5.74) is 8.02. The predicted molar refractivity (Wildman–Crippen MR) is 87.8 cm³/mol. The number of nitrogens with zero attached hydrogens (tertiary/aromatic N) is 2. The molecule has 0 unspecified atom stereocenters. The van der Waals surface area contributed by atoms with Gasteiger partial charge in [-0.15, -0.1) is 10.2 Å². The molecule has 0 spiro atoms. The van der Waals surface area contributed by atoms with Crippen molar-refractivity contribution in [1.29, 1.82) is 0 Å². The van der Waals surface area contributed by atoms with Crippen LogP contribution in [-0.4, -0.2) is 21.9 Å². The third-order valence-electron chi connectivity index (χ3n) is 3.28. The van der Waals surface area contributed by atoms with Gasteiger partial charge in [-0.25, -0.2) is 0 Å². The van der Waals surface area contributed by atoms with Gasteiger partial charge in [0.15, 0.2) is 8.68 Å². The van der Waals surface area contributed by atoms with E-state index in [1.807, 2.05) is 0 Å². The highest BCUT2D eigenvalue weighted by Gasteiger charge is 2.22. The Hall–Kier alpha value is -1.05. The fraction of sp³-hybridized carbons (Fsp3) is 0.357. The number of primary amides is 1. The quantitative estimate of drug-likeness (QED) is 0.848. The Morgan fingerprint density at radius 3 is 3.00 bits per heavy atom. The van der Waals surface area contributed by atoms with Crippen molar-refractivity contribution in [3.05, 3.63) is 35.4 Å². The van der Waals surface area contributed by atoms with E-state index in [0.29, 0.717) is 5.25 Å². The Labute approximate surface area is 135 Å². The van der Waals surface area contributed by atoms with E-state index < -0.39 is 0 Å². The number of hydrogen-bond acceptors (Lipinski definition) is 6. The van der Waals surface area contributed by atoms with E-state index in [4.69, 9.17) is 5.73 Å². The van der Waals surface area contributed by atoms with Crippen molar-refractivity contribution in [2.45, 2.75) is 33.2 Å². The number of fused-ring (bicyclic) bond motifs is 1. The van der Waals surface area contributed by atoms with Crippen LogP contribution in [0.15, 0.2) is 32.9 Å². The highest BCUT2D eigenvalue weighted by Crippen LogP contribution is 2.44. The number of thioether (sulfide) groups is 2. The molecule has 0 aliphatic heterocycles. The minimum absolute atomic E-state index is 0.256. The van der Waals surface area contributed by atoms with E-state index in [1.54, 1.807) is 11.8 Å². The van der Waals surface area contributed by atoms with E-state index in [-0.39, 0.29) is 11.7 Å². The number of benzene rings is 1. The highest BCUT2D eigenvalue weighted by molar-refractivity contribution is 8.03. The minimum atomic E-state index is -0.328. The van der Waals surface area contributed by atoms with Gasteiger partial charge in [-0.05, 0) is 30.4 Å². The third-order valence-corrected chi connectivity index (χ3v) is 6.75. The number of aromatic nitrogens is 2. The summed E-state index contributed by atoms with van der Waals surface area (Å²) in [7, 11) is 0. The minimum Gasteiger partial charge on any atom is -0.369 e. The number of carbonyl (C=O) groups is 1. The second-order valence-electron chi connectivity index (χ2n) is 4.79. The van der Waals surface area contributed by atoms with Crippen molar-refractivity contribution in [2.24, 2.45) is 5.73 Å². The van der Waals surface area contributed by atoms with E-state index in [9.17, 15) is 4.79 Å². The smallest absolute Gasteiger partial charge is 0.227 e. The number of rotatable bonds is 5. The summed E-state index contributed by atoms with van der Waals surface area (Å²) in [5, 5.41) is 8.79. The average molecular weight is 337 g/mol. The van der Waals surface area contributed by atoms with Gasteiger partial charge in [-0.1, -0.05) is 59.1 Å². The number of carbonyl (C=O) groups excluding carboxylic acids is 1. The van der Waals surface area contributed by atoms with E-state index >= 15 is 0 Å². The molecular formula is C14H15N3OS3. The molecule has 0 saturated carbocycles. The van der Waals surface area contributed by atoms with Gasteiger partial charge in [0, 0.05) is 5.25 Å². The summed E-state index contributed by atoms with van der Waals surface area (Å²) < 4.78 is 1.77. The van der Waals surface area contributed by atoms with Crippen LogP contribution in [0.25, 0.3) is 0 Å². The molecule has 2 aromatic rings. The van der Waals surface area contributed by atoms with Crippen molar-refractivity contribution in [3.8, 4) is 0 Å². The number of nitrogens with two attached hydrogens (primary N) is 1. The predicted octanol–water partition coefficient (Wildman–Crippen LogP) is 3.29. The van der Waals surface area contributed by atoms with Gasteiger partial charge in [0.25, 0.3) is 0 Å². The fourth-order valence-electron chi connectivity index (χ4n) is 2.39. The zero-order valence-corrected chi connectivity index (χ0v) is 13.8. The lowest BCUT2D eigenvalue weighted by molar-refractivity contribution is -0.115. The molecule has 0 fully saturated rings. The first-order chi connectivity index (χ1) is 10.2. The van der Waals surface area contributed by atoms with Crippen LogP contribution in [-0.2, 0) is 11.2 Å². The van der Waals surface area contributed by atoms with Gasteiger partial charge in [0.2, 0.25) is 5.91 Å². The highest BCUT2D eigenvalue weighted by atomic mass is 32.2. The Morgan fingerprint density at radius 1 is 1.33 bits per heavy atom. The summed E-state index contributed by atoms with van der Waals surface area (Å²) in [4.78, 5) is 10.8. The molecule has 2 N–H and O–H groups in total. The summed E-state index contributed by atoms with van der Waals surface area (Å²) in [6.07, 6.45) is 3.56. The summed E-state index contributed by atoms with van der Waals surface area (Å²) in [6, 6.07) is 8.65. The van der Waals surface area contributed by atoms with Crippen LogP contribution < -0.4 is 5.73 Å². The van der Waals surface area contributed by atoms with Gasteiger partial charge in [0.1, 0.15) is 0 Å². The molecule has 0 bridgehead atoms. The lowest BCUT2D eigenvalue weighted by Gasteiger charge is -2.23. The Morgan fingerprint density at radius 2 is 2.14 bits per heavy atom. The second-order valence-corrected chi connectivity index (χ2v) is 8.44. The van der Waals surface area contributed by atoms with Gasteiger partial charge in [0.05, 0.1) is 5.75 Å². The van der Waals surface area contributed by atoms with Crippen LogP contribution in [0.4, 0.5) is 0 Å². The molecular weight excluding hydrogens is 322 g/mol. The summed E-state index contributed by atoms with van der Waals surface area (Å²) in [6.45, 7) is 0. The zero-order valence-electron chi connectivity index (χ0n) is 11.3. The molecule has 1 heterocycles. The first-order valence-corrected chi connectivity index (χ1v) is 9.39. The molecule has 1 aliphatic carbocycles. The lowest BCUT2D eigenvalue weighted by atomic mass is 9.91. The van der Waals surface area contributed by atoms with Gasteiger partial charge in [-0.2, -0.15) is 0 Å². The van der Waals surface area contributed by atoms with Gasteiger partial charge < -0.3 is 5.73 Å². The lowest BCUT2D eigenvalue weighted by Crippen LogP contribution is -2.12. The van der Waals surface area contributed by atoms with Crippen LogP contribution in [0.3, 0.4) is 0 Å². The molecule has 4 nitrogen and oxygen atoms in total. The fourth-order valence-corrected chi connectivity index (χ4v) is 5.62. The second kappa shape index (κ2) is 6.81. The zero-order chi connectivity index (χ0) is 14.7. The van der Waals surface area contributed by atoms with Gasteiger partial charge in [-0.3, -0.25) is 4.79 Å². The molecule has 0 saturated heterocycles. The largest absolute Gasteiger partial charge is 0.369 e. The first kappa shape index (κ1) is 14.9. The molecule has 3 rings (SSSR count). The normalized spacial score (nSPS) is 17.4. The van der Waals surface area contributed by atoms with Crippen molar-refractivity contribution in [3.63, 3.8) is 0 Å². The van der Waals surface area contributed by atoms with Crippen molar-refractivity contribution in [1.82, 2.24) is 10.2 Å². The number of amides is 1. The summed E-state index contributed by atoms with van der Waals surface area (Å²) in [5.74, 6) is -0.0726. The topological polar surface area (TPSA) is 68.9 Å². The SMILES string of the molecule is NC(=O)CSc1nnc(S[C@H]2CCCc3ccccc32)s1. The molecule has 7 heteroatoms. The molecule has 110 valence electrons. The van der Waals surface area contributed by atoms with Crippen LogP contribution in [0.5, 0.6) is 0 Å². The van der Waals surface area contributed by atoms with E-state index in [2.05, 4.69) is 34.5 Å². The number of aryl methyl sites for hydroxylation is 1. The molecule has 0 radical (unpaired) electrons. The monoisotopic (exact) mass is 337 g/mol. The Kier molecular flexibility index (Phi) is 4.82. The van der Waals surface area contributed by atoms with Crippen molar-refractivity contribution >= 4 is 40.8 Å². The maximum absolute atomic E-state index is 10.8. The van der Waals surface area contributed by atoms with Gasteiger partial charge >= 0.3 is 0 Å². The van der Waals surface area contributed by atoms with E-state index in [0.717, 1.165) is 8.68 Å². The average Bonchev–Trinajstić information content (AvgIpc) is 2.93. The Bertz CT molecular complexity index is 644. The van der Waals surface area contributed by atoms with Crippen LogP contribution in [0, 0.1) is 0 Å². The number of hydrogen-bond donors (Lipinski definition) is 1. The third kappa shape index (κ3) is 3.78. The van der Waals surface area contributed by atoms with E-state index in [1.165, 1.54) is 53.5 Å². The first-order valence-electron chi connectivity index (χ1n) is 6.71. The molecule has 1 amide bonds. The molecule has 1 aromatic carbocycles. The van der Waals surface area contributed by atoms with Crippen molar-refractivity contribution in [2.75, 3.05) is 5.75 Å². The molecule has 21 heavy (non-hydrogen) atoms.